The van der Waals surface area contributed by atoms with E-state index in [2.05, 4.69) is 24.0 Å². The molecule has 208 valence electrons. The van der Waals surface area contributed by atoms with E-state index in [0.717, 1.165) is 38.9 Å². The highest BCUT2D eigenvalue weighted by molar-refractivity contribution is 5.50. The summed E-state index contributed by atoms with van der Waals surface area (Å²) in [6, 6.07) is 16.3. The zero-order valence-electron chi connectivity index (χ0n) is 22.1. The Kier molecular flexibility index (Phi) is 9.57. The van der Waals surface area contributed by atoms with E-state index in [0.29, 0.717) is 12.0 Å². The van der Waals surface area contributed by atoms with Crippen molar-refractivity contribution in [2.45, 2.75) is 88.4 Å². The molecule has 0 aliphatic heterocycles. The van der Waals surface area contributed by atoms with E-state index in [1.165, 1.54) is 24.6 Å². The molecule has 2 aromatic carbocycles. The molecule has 38 heavy (non-hydrogen) atoms. The maximum atomic E-state index is 14.0. The van der Waals surface area contributed by atoms with E-state index in [1.54, 1.807) is 12.1 Å². The van der Waals surface area contributed by atoms with Crippen LogP contribution >= 0.6 is 0 Å². The molecule has 0 saturated heterocycles. The molecule has 2 saturated carbocycles. The number of aryl methyl sites for hydroxylation is 1. The Hall–Kier alpha value is -2.53. The van der Waals surface area contributed by atoms with Gasteiger partial charge in [0.1, 0.15) is 0 Å². The molecule has 0 atom stereocenters. The van der Waals surface area contributed by atoms with Crippen LogP contribution < -0.4 is 0 Å². The molecule has 0 amide bonds. The Morgan fingerprint density at radius 1 is 0.763 bits per heavy atom. The molecule has 2 fully saturated rings. The first kappa shape index (κ1) is 30.0. The molecule has 0 heterocycles. The summed E-state index contributed by atoms with van der Waals surface area (Å²) >= 11 is 0. The molecule has 2 aliphatic rings. The van der Waals surface area contributed by atoms with E-state index in [4.69, 9.17) is 5.26 Å². The van der Waals surface area contributed by atoms with Crippen LogP contribution in [0.4, 0.5) is 26.3 Å². The molecule has 0 radical (unpaired) electrons. The second kappa shape index (κ2) is 12.1. The number of hydrogen-bond acceptors (Lipinski definition) is 2. The molecule has 0 unspecified atom stereocenters. The van der Waals surface area contributed by atoms with Crippen molar-refractivity contribution in [3.8, 4) is 6.07 Å². The Morgan fingerprint density at radius 2 is 1.32 bits per heavy atom. The molecular formula is C30H36F6N2. The van der Waals surface area contributed by atoms with Crippen molar-refractivity contribution in [3.05, 3.63) is 70.8 Å². The lowest BCUT2D eigenvalue weighted by Gasteiger charge is -2.29. The summed E-state index contributed by atoms with van der Waals surface area (Å²) in [7, 11) is 0. The third kappa shape index (κ3) is 6.72. The van der Waals surface area contributed by atoms with Gasteiger partial charge in [0.05, 0.1) is 16.9 Å². The summed E-state index contributed by atoms with van der Waals surface area (Å²) < 4.78 is 83.5. The number of benzene rings is 2. The van der Waals surface area contributed by atoms with Crippen LogP contribution in [0.1, 0.15) is 74.6 Å². The molecule has 0 N–H and O–H groups in total. The Labute approximate surface area is 221 Å². The van der Waals surface area contributed by atoms with Crippen molar-refractivity contribution in [1.82, 2.24) is 4.90 Å². The van der Waals surface area contributed by atoms with Crippen molar-refractivity contribution >= 4 is 0 Å². The van der Waals surface area contributed by atoms with E-state index >= 15 is 0 Å². The van der Waals surface area contributed by atoms with Gasteiger partial charge in [0.25, 0.3) is 0 Å². The summed E-state index contributed by atoms with van der Waals surface area (Å²) in [4.78, 5) is 2.35. The Bertz CT molecular complexity index is 1080. The highest BCUT2D eigenvalue weighted by Gasteiger charge is 2.70. The van der Waals surface area contributed by atoms with Crippen LogP contribution in [0, 0.1) is 11.3 Å². The predicted octanol–water partition coefficient (Wildman–Crippen LogP) is 8.29. The van der Waals surface area contributed by atoms with Crippen LogP contribution in [-0.2, 0) is 23.7 Å². The predicted molar refractivity (Wildman–Crippen MR) is 137 cm³/mol. The number of rotatable bonds is 11. The van der Waals surface area contributed by atoms with Crippen molar-refractivity contribution in [1.29, 1.82) is 5.26 Å². The lowest BCUT2D eigenvalue weighted by molar-refractivity contribution is -0.167. The molecule has 0 bridgehead atoms. The topological polar surface area (TPSA) is 27.0 Å². The number of nitriles is 1. The minimum absolute atomic E-state index is 0.133. The van der Waals surface area contributed by atoms with Gasteiger partial charge in [-0.2, -0.15) is 31.6 Å². The highest BCUT2D eigenvalue weighted by atomic mass is 19.4. The third-order valence-electron chi connectivity index (χ3n) is 7.74. The number of halogens is 6. The van der Waals surface area contributed by atoms with Crippen LogP contribution in [0.2, 0.25) is 0 Å². The molecule has 0 aromatic heterocycles. The van der Waals surface area contributed by atoms with Crippen LogP contribution in [0.5, 0.6) is 0 Å². The lowest BCUT2D eigenvalue weighted by atomic mass is 9.81. The van der Waals surface area contributed by atoms with E-state index in [1.807, 2.05) is 18.2 Å². The van der Waals surface area contributed by atoms with Gasteiger partial charge in [-0.25, -0.2) is 0 Å². The molecule has 8 heteroatoms. The van der Waals surface area contributed by atoms with Gasteiger partial charge in [0.2, 0.25) is 0 Å². The number of hydrogen-bond donors (Lipinski definition) is 0. The van der Waals surface area contributed by atoms with Gasteiger partial charge >= 0.3 is 12.4 Å². The first-order chi connectivity index (χ1) is 17.9. The SMILES string of the molecule is CC#N.CCCN(CCCc1ccc(C2(C(F)(F)F)CC2)c(C2(C(F)(F)F)CC2)c1)CCc1ccccc1. The average molecular weight is 539 g/mol. The van der Waals surface area contributed by atoms with Gasteiger partial charge in [0, 0.05) is 13.5 Å². The van der Waals surface area contributed by atoms with Crippen molar-refractivity contribution in [3.63, 3.8) is 0 Å². The minimum atomic E-state index is -4.54. The smallest absolute Gasteiger partial charge is 0.303 e. The van der Waals surface area contributed by atoms with E-state index < -0.39 is 23.2 Å². The van der Waals surface area contributed by atoms with Crippen LogP contribution in [0.15, 0.2) is 48.5 Å². The van der Waals surface area contributed by atoms with Gasteiger partial charge in [-0.05, 0) is 86.7 Å². The van der Waals surface area contributed by atoms with Gasteiger partial charge < -0.3 is 4.90 Å². The summed E-state index contributed by atoms with van der Waals surface area (Å²) in [5.41, 5.74) is -2.57. The Morgan fingerprint density at radius 3 is 1.82 bits per heavy atom. The van der Waals surface area contributed by atoms with Gasteiger partial charge in [-0.1, -0.05) is 55.5 Å². The fraction of sp³-hybridized carbons (Fsp3) is 0.567. The van der Waals surface area contributed by atoms with Gasteiger partial charge in [-0.15, -0.1) is 0 Å². The zero-order chi connectivity index (χ0) is 28.0. The van der Waals surface area contributed by atoms with Crippen molar-refractivity contribution in [2.75, 3.05) is 19.6 Å². The molecule has 2 aromatic rings. The van der Waals surface area contributed by atoms with Gasteiger partial charge in [-0.3, -0.25) is 0 Å². The first-order valence-corrected chi connectivity index (χ1v) is 13.3. The monoisotopic (exact) mass is 538 g/mol. The average Bonchev–Trinajstić information content (AvgIpc) is 3.76. The van der Waals surface area contributed by atoms with Crippen molar-refractivity contribution < 1.29 is 26.3 Å². The zero-order valence-corrected chi connectivity index (χ0v) is 22.1. The summed E-state index contributed by atoms with van der Waals surface area (Å²) in [5, 5.41) is 7.32. The molecule has 4 rings (SSSR count). The molecule has 2 nitrogen and oxygen atoms in total. The van der Waals surface area contributed by atoms with Crippen LogP contribution in [0.3, 0.4) is 0 Å². The van der Waals surface area contributed by atoms with Crippen molar-refractivity contribution in [2.24, 2.45) is 0 Å². The maximum absolute atomic E-state index is 14.0. The summed E-state index contributed by atoms with van der Waals surface area (Å²) in [5.74, 6) is 0. The number of alkyl halides is 6. The quantitative estimate of drug-likeness (QED) is 0.269. The third-order valence-corrected chi connectivity index (χ3v) is 7.74. The standard InChI is InChI=1S/C28H33F6N.C2H3N/c1-2-17-35(19-12-21-7-4-3-5-8-21)18-6-9-22-10-11-23(25(13-14-25)27(29,30)31)24(20-22)26(15-16-26)28(32,33)34;1-2-3/h3-5,7-8,10-11,20H,2,6,9,12-19H2,1H3;1H3. The largest absolute Gasteiger partial charge is 0.398 e. The Balaban J connectivity index is 0.00000127. The fourth-order valence-electron chi connectivity index (χ4n) is 5.31. The molecule has 2 aliphatic carbocycles. The fourth-order valence-corrected chi connectivity index (χ4v) is 5.31. The second-order valence-corrected chi connectivity index (χ2v) is 10.4. The van der Waals surface area contributed by atoms with Gasteiger partial charge in [0.15, 0.2) is 0 Å². The van der Waals surface area contributed by atoms with E-state index in [-0.39, 0.29) is 36.8 Å². The molecular weight excluding hydrogens is 502 g/mol. The summed E-state index contributed by atoms with van der Waals surface area (Å²) in [6.07, 6.45) is -6.40. The van der Waals surface area contributed by atoms with Crippen LogP contribution in [-0.4, -0.2) is 36.9 Å². The lowest BCUT2D eigenvalue weighted by Crippen LogP contribution is -2.35. The maximum Gasteiger partial charge on any atom is 0.398 e. The van der Waals surface area contributed by atoms with Crippen LogP contribution in [0.25, 0.3) is 0 Å². The highest BCUT2D eigenvalue weighted by Crippen LogP contribution is 2.66. The first-order valence-electron chi connectivity index (χ1n) is 13.3. The number of nitrogens with zero attached hydrogens (tertiary/aromatic N) is 2. The molecule has 0 spiro atoms. The normalized spacial score (nSPS) is 17.4. The van der Waals surface area contributed by atoms with E-state index in [9.17, 15) is 26.3 Å². The second-order valence-electron chi connectivity index (χ2n) is 10.4. The summed E-state index contributed by atoms with van der Waals surface area (Å²) in [6.45, 7) is 6.17. The minimum Gasteiger partial charge on any atom is -0.303 e.